The Morgan fingerprint density at radius 2 is 1.67 bits per heavy atom. The van der Waals surface area contributed by atoms with E-state index < -0.39 is 22.8 Å². The Morgan fingerprint density at radius 1 is 1.08 bits per heavy atom. The molecule has 0 bridgehead atoms. The second kappa shape index (κ2) is 5.77. The van der Waals surface area contributed by atoms with Crippen LogP contribution in [0.2, 0.25) is 0 Å². The van der Waals surface area contributed by atoms with Gasteiger partial charge in [-0.3, -0.25) is 24.6 Å². The van der Waals surface area contributed by atoms with Crippen molar-refractivity contribution in [3.63, 3.8) is 0 Å². The number of carbonyl (C=O) groups excluding carboxylic acids is 2. The van der Waals surface area contributed by atoms with Gasteiger partial charge in [0.15, 0.2) is 0 Å². The number of benzene rings is 2. The quantitative estimate of drug-likeness (QED) is 0.489. The monoisotopic (exact) mass is 326 g/mol. The summed E-state index contributed by atoms with van der Waals surface area (Å²) in [5.41, 5.74) is 0.938. The predicted molar refractivity (Wildman–Crippen MR) is 85.0 cm³/mol. The lowest BCUT2D eigenvalue weighted by Crippen LogP contribution is -2.32. The van der Waals surface area contributed by atoms with Gasteiger partial charge in [-0.1, -0.05) is 12.1 Å². The van der Waals surface area contributed by atoms with Crippen LogP contribution in [-0.4, -0.2) is 28.7 Å². The molecule has 7 heteroatoms. The van der Waals surface area contributed by atoms with Crippen LogP contribution in [0.15, 0.2) is 42.5 Å². The lowest BCUT2D eigenvalue weighted by molar-refractivity contribution is -0.385. The molecule has 1 heterocycles. The third kappa shape index (κ3) is 2.30. The van der Waals surface area contributed by atoms with Gasteiger partial charge in [-0.2, -0.15) is 0 Å². The van der Waals surface area contributed by atoms with E-state index >= 15 is 0 Å². The highest BCUT2D eigenvalue weighted by Crippen LogP contribution is 2.36. The van der Waals surface area contributed by atoms with Gasteiger partial charge in [-0.15, -0.1) is 0 Å². The Hall–Kier alpha value is -3.22. The molecule has 122 valence electrons. The van der Waals surface area contributed by atoms with Crippen molar-refractivity contribution in [2.45, 2.75) is 13.0 Å². The molecule has 2 aromatic carbocycles. The SMILES string of the molecule is COc1ccc([N+](=O)[O-])cc1C(C)N1C(=O)c2ccccc2C1=O. The molecule has 0 spiro atoms. The maximum atomic E-state index is 12.6. The highest BCUT2D eigenvalue weighted by Gasteiger charge is 2.39. The molecule has 24 heavy (non-hydrogen) atoms. The van der Waals surface area contributed by atoms with Gasteiger partial charge in [-0.05, 0) is 25.1 Å². The lowest BCUT2D eigenvalue weighted by atomic mass is 10.0. The third-order valence-corrected chi connectivity index (χ3v) is 4.09. The minimum Gasteiger partial charge on any atom is -0.496 e. The van der Waals surface area contributed by atoms with Crippen molar-refractivity contribution in [1.82, 2.24) is 4.90 Å². The van der Waals surface area contributed by atoms with Gasteiger partial charge in [0.05, 0.1) is 29.2 Å². The molecule has 0 aliphatic carbocycles. The van der Waals surface area contributed by atoms with Crippen LogP contribution in [0, 0.1) is 10.1 Å². The van der Waals surface area contributed by atoms with E-state index in [9.17, 15) is 19.7 Å². The van der Waals surface area contributed by atoms with Crippen LogP contribution in [0.25, 0.3) is 0 Å². The normalized spacial score (nSPS) is 14.5. The minimum absolute atomic E-state index is 0.130. The molecule has 1 atom stereocenters. The van der Waals surface area contributed by atoms with Crippen LogP contribution >= 0.6 is 0 Å². The third-order valence-electron chi connectivity index (χ3n) is 4.09. The molecule has 0 aromatic heterocycles. The number of hydrogen-bond donors (Lipinski definition) is 0. The van der Waals surface area contributed by atoms with Gasteiger partial charge in [0.25, 0.3) is 17.5 Å². The first-order valence-electron chi connectivity index (χ1n) is 7.25. The molecule has 2 aromatic rings. The fourth-order valence-electron chi connectivity index (χ4n) is 2.86. The molecule has 2 amide bonds. The van der Waals surface area contributed by atoms with E-state index in [0.29, 0.717) is 22.4 Å². The number of imide groups is 1. The second-order valence-electron chi connectivity index (χ2n) is 5.39. The van der Waals surface area contributed by atoms with E-state index in [1.807, 2.05) is 0 Å². The van der Waals surface area contributed by atoms with Gasteiger partial charge in [-0.25, -0.2) is 0 Å². The summed E-state index contributed by atoms with van der Waals surface area (Å²) in [6, 6.07) is 9.96. The first kappa shape index (κ1) is 15.7. The van der Waals surface area contributed by atoms with Crippen molar-refractivity contribution < 1.29 is 19.2 Å². The summed E-state index contributed by atoms with van der Waals surface area (Å²) in [5, 5.41) is 11.0. The number of nitrogens with zero attached hydrogens (tertiary/aromatic N) is 2. The number of ether oxygens (including phenoxy) is 1. The molecule has 0 N–H and O–H groups in total. The van der Waals surface area contributed by atoms with Crippen LogP contribution in [0.4, 0.5) is 5.69 Å². The van der Waals surface area contributed by atoms with Crippen molar-refractivity contribution in [2.75, 3.05) is 7.11 Å². The predicted octanol–water partition coefficient (Wildman–Crippen LogP) is 2.96. The highest BCUT2D eigenvalue weighted by molar-refractivity contribution is 6.21. The van der Waals surface area contributed by atoms with Gasteiger partial charge in [0, 0.05) is 17.7 Å². The standard InChI is InChI=1S/C17H14N2O5/c1-10(14-9-11(19(22)23)7-8-15(14)24-2)18-16(20)12-5-3-4-6-13(12)17(18)21/h3-10H,1-2H3. The fourth-order valence-corrected chi connectivity index (χ4v) is 2.86. The smallest absolute Gasteiger partial charge is 0.270 e. The number of fused-ring (bicyclic) bond motifs is 1. The molecule has 7 nitrogen and oxygen atoms in total. The maximum absolute atomic E-state index is 12.6. The van der Waals surface area contributed by atoms with E-state index in [4.69, 9.17) is 4.74 Å². The van der Waals surface area contributed by atoms with E-state index in [1.54, 1.807) is 31.2 Å². The summed E-state index contributed by atoms with van der Waals surface area (Å²) in [4.78, 5) is 36.7. The van der Waals surface area contributed by atoms with E-state index in [1.165, 1.54) is 25.3 Å². The number of carbonyl (C=O) groups is 2. The summed E-state index contributed by atoms with van der Waals surface area (Å²) in [6.07, 6.45) is 0. The number of nitro benzene ring substituents is 1. The molecule has 0 saturated heterocycles. The van der Waals surface area contributed by atoms with E-state index in [0.717, 1.165) is 4.90 Å². The molecular weight excluding hydrogens is 312 g/mol. The van der Waals surface area contributed by atoms with Crippen LogP contribution in [0.3, 0.4) is 0 Å². The van der Waals surface area contributed by atoms with Gasteiger partial charge < -0.3 is 4.74 Å². The fraction of sp³-hybridized carbons (Fsp3) is 0.176. The zero-order chi connectivity index (χ0) is 17.4. The second-order valence-corrected chi connectivity index (χ2v) is 5.39. The number of rotatable bonds is 4. The van der Waals surface area contributed by atoms with Gasteiger partial charge >= 0.3 is 0 Å². The van der Waals surface area contributed by atoms with E-state index in [-0.39, 0.29) is 5.69 Å². The van der Waals surface area contributed by atoms with Crippen molar-refractivity contribution in [1.29, 1.82) is 0 Å². The molecule has 1 aliphatic rings. The van der Waals surface area contributed by atoms with E-state index in [2.05, 4.69) is 0 Å². The first-order valence-corrected chi connectivity index (χ1v) is 7.25. The lowest BCUT2D eigenvalue weighted by Gasteiger charge is -2.24. The van der Waals surface area contributed by atoms with Crippen molar-refractivity contribution >= 4 is 17.5 Å². The molecule has 0 saturated carbocycles. The Balaban J connectivity index is 2.06. The number of hydrogen-bond acceptors (Lipinski definition) is 5. The summed E-state index contributed by atoms with van der Waals surface area (Å²) in [5.74, 6) is -0.460. The number of methoxy groups -OCH3 is 1. The maximum Gasteiger partial charge on any atom is 0.270 e. The molecule has 3 rings (SSSR count). The van der Waals surface area contributed by atoms with Crippen molar-refractivity contribution in [2.24, 2.45) is 0 Å². The Labute approximate surface area is 137 Å². The molecule has 1 aliphatic heterocycles. The molecular formula is C17H14N2O5. The van der Waals surface area contributed by atoms with Crippen LogP contribution < -0.4 is 4.74 Å². The highest BCUT2D eigenvalue weighted by atomic mass is 16.6. The largest absolute Gasteiger partial charge is 0.496 e. The number of non-ortho nitro benzene ring substituents is 1. The Kier molecular flexibility index (Phi) is 3.76. The van der Waals surface area contributed by atoms with Gasteiger partial charge in [0.1, 0.15) is 5.75 Å². The van der Waals surface area contributed by atoms with Gasteiger partial charge in [0.2, 0.25) is 0 Å². The zero-order valence-corrected chi connectivity index (χ0v) is 13.1. The van der Waals surface area contributed by atoms with Crippen LogP contribution in [0.1, 0.15) is 39.2 Å². The van der Waals surface area contributed by atoms with Crippen molar-refractivity contribution in [3.8, 4) is 5.75 Å². The zero-order valence-electron chi connectivity index (χ0n) is 13.1. The topological polar surface area (TPSA) is 89.8 Å². The molecule has 0 fully saturated rings. The average Bonchev–Trinajstić information content (AvgIpc) is 2.85. The first-order chi connectivity index (χ1) is 11.5. The summed E-state index contributed by atoms with van der Waals surface area (Å²) < 4.78 is 5.24. The average molecular weight is 326 g/mol. The van der Waals surface area contributed by atoms with Crippen LogP contribution in [0.5, 0.6) is 5.75 Å². The molecule has 0 radical (unpaired) electrons. The van der Waals surface area contributed by atoms with Crippen LogP contribution in [-0.2, 0) is 0 Å². The summed E-state index contributed by atoms with van der Waals surface area (Å²) in [7, 11) is 1.43. The summed E-state index contributed by atoms with van der Waals surface area (Å²) in [6.45, 7) is 1.64. The minimum atomic E-state index is -0.702. The Morgan fingerprint density at radius 3 is 2.17 bits per heavy atom. The summed E-state index contributed by atoms with van der Waals surface area (Å²) >= 11 is 0. The number of amides is 2. The van der Waals surface area contributed by atoms with Crippen molar-refractivity contribution in [3.05, 3.63) is 69.3 Å². The number of nitro groups is 1. The Bertz CT molecular complexity index is 827. The molecule has 1 unspecified atom stereocenters.